The van der Waals surface area contributed by atoms with E-state index in [9.17, 15) is 13.2 Å². The van der Waals surface area contributed by atoms with Crippen molar-refractivity contribution in [3.05, 3.63) is 0 Å². The van der Waals surface area contributed by atoms with Crippen LogP contribution in [0.3, 0.4) is 0 Å². The molecule has 136 valence electrons. The van der Waals surface area contributed by atoms with Crippen LogP contribution in [0.1, 0.15) is 41.0 Å². The predicted molar refractivity (Wildman–Crippen MR) is 95.4 cm³/mol. The lowest BCUT2D eigenvalue weighted by atomic mass is 9.90. The Hall–Kier alpha value is -1.31. The van der Waals surface area contributed by atoms with Gasteiger partial charge in [-0.15, -0.1) is 0 Å². The van der Waals surface area contributed by atoms with Crippen molar-refractivity contribution in [3.63, 3.8) is 0 Å². The zero-order valence-electron chi connectivity index (χ0n) is 15.4. The van der Waals surface area contributed by atoms with Crippen molar-refractivity contribution in [2.75, 3.05) is 32.1 Å². The molecule has 7 nitrogen and oxygen atoms in total. The van der Waals surface area contributed by atoms with E-state index in [1.54, 1.807) is 7.05 Å². The summed E-state index contributed by atoms with van der Waals surface area (Å²) in [5.74, 6) is 0.556. The first-order valence-corrected chi connectivity index (χ1v) is 9.73. The molecule has 0 aromatic heterocycles. The van der Waals surface area contributed by atoms with Gasteiger partial charge in [-0.2, -0.15) is 0 Å². The number of rotatable bonds is 7. The minimum absolute atomic E-state index is 0.114. The molecule has 0 aliphatic heterocycles. The highest BCUT2D eigenvalue weighted by atomic mass is 32.2. The molecule has 0 saturated carbocycles. The van der Waals surface area contributed by atoms with Gasteiger partial charge in [0.2, 0.25) is 5.91 Å². The Morgan fingerprint density at radius 3 is 2.09 bits per heavy atom. The van der Waals surface area contributed by atoms with Gasteiger partial charge in [-0.3, -0.25) is 9.79 Å². The van der Waals surface area contributed by atoms with Gasteiger partial charge in [0.25, 0.3) is 0 Å². The molecule has 0 unspecified atom stereocenters. The standard InChI is InChI=1S/C15H32N4O3S/c1-14(2,3)19-12(20)10-17-13(16-6)18-11-15(4,5)8-9-23(7,21)22/h8-11H2,1-7H3,(H,19,20)(H2,16,17,18). The van der Waals surface area contributed by atoms with Crippen molar-refractivity contribution >= 4 is 21.7 Å². The van der Waals surface area contributed by atoms with Crippen LogP contribution in [0.2, 0.25) is 0 Å². The van der Waals surface area contributed by atoms with Crippen LogP contribution in [0.25, 0.3) is 0 Å². The molecule has 0 aromatic carbocycles. The molecule has 0 rings (SSSR count). The summed E-state index contributed by atoms with van der Waals surface area (Å²) in [6.45, 7) is 10.4. The summed E-state index contributed by atoms with van der Waals surface area (Å²) < 4.78 is 22.5. The molecule has 0 heterocycles. The van der Waals surface area contributed by atoms with Gasteiger partial charge < -0.3 is 16.0 Å². The fourth-order valence-electron chi connectivity index (χ4n) is 1.72. The van der Waals surface area contributed by atoms with Crippen LogP contribution in [0.15, 0.2) is 4.99 Å². The molecule has 0 fully saturated rings. The van der Waals surface area contributed by atoms with Crippen LogP contribution < -0.4 is 16.0 Å². The molecule has 0 aromatic rings. The van der Waals surface area contributed by atoms with Crippen molar-refractivity contribution in [2.24, 2.45) is 10.4 Å². The van der Waals surface area contributed by atoms with E-state index in [4.69, 9.17) is 0 Å². The second-order valence-electron chi connectivity index (χ2n) is 7.62. The predicted octanol–water partition coefficient (Wildman–Crippen LogP) is 0.527. The van der Waals surface area contributed by atoms with Gasteiger partial charge in [0.05, 0.1) is 12.3 Å². The largest absolute Gasteiger partial charge is 0.356 e. The number of guanidine groups is 1. The van der Waals surface area contributed by atoms with Crippen molar-refractivity contribution in [3.8, 4) is 0 Å². The molecule has 0 spiro atoms. The maximum absolute atomic E-state index is 11.8. The Morgan fingerprint density at radius 2 is 1.65 bits per heavy atom. The molecule has 0 atom stereocenters. The highest BCUT2D eigenvalue weighted by Crippen LogP contribution is 2.19. The number of sulfone groups is 1. The number of hydrogen-bond donors (Lipinski definition) is 3. The Balaban J connectivity index is 4.32. The minimum Gasteiger partial charge on any atom is -0.356 e. The van der Waals surface area contributed by atoms with Crippen LogP contribution in [-0.4, -0.2) is 58.0 Å². The number of hydrogen-bond acceptors (Lipinski definition) is 4. The summed E-state index contributed by atoms with van der Waals surface area (Å²) in [5, 5.41) is 8.93. The maximum Gasteiger partial charge on any atom is 0.239 e. The lowest BCUT2D eigenvalue weighted by molar-refractivity contribution is -0.121. The van der Waals surface area contributed by atoms with Gasteiger partial charge in [-0.1, -0.05) is 13.8 Å². The third kappa shape index (κ3) is 12.9. The van der Waals surface area contributed by atoms with Gasteiger partial charge in [-0.05, 0) is 32.6 Å². The number of amides is 1. The van der Waals surface area contributed by atoms with E-state index in [2.05, 4.69) is 20.9 Å². The third-order valence-corrected chi connectivity index (χ3v) is 3.98. The van der Waals surface area contributed by atoms with E-state index in [1.165, 1.54) is 6.26 Å². The zero-order valence-corrected chi connectivity index (χ0v) is 16.2. The van der Waals surface area contributed by atoms with Gasteiger partial charge in [0.15, 0.2) is 5.96 Å². The lowest BCUT2D eigenvalue weighted by Gasteiger charge is -2.26. The fourth-order valence-corrected chi connectivity index (χ4v) is 2.64. The second kappa shape index (κ2) is 8.52. The summed E-state index contributed by atoms with van der Waals surface area (Å²) >= 11 is 0. The monoisotopic (exact) mass is 348 g/mol. The molecule has 1 amide bonds. The van der Waals surface area contributed by atoms with E-state index in [0.29, 0.717) is 18.9 Å². The lowest BCUT2D eigenvalue weighted by Crippen LogP contribution is -2.49. The quantitative estimate of drug-likeness (QED) is 0.460. The van der Waals surface area contributed by atoms with Crippen molar-refractivity contribution < 1.29 is 13.2 Å². The molecule has 0 aliphatic rings. The van der Waals surface area contributed by atoms with Crippen molar-refractivity contribution in [1.82, 2.24) is 16.0 Å². The third-order valence-electron chi connectivity index (χ3n) is 3.04. The number of nitrogens with zero attached hydrogens (tertiary/aromatic N) is 1. The molecule has 0 aliphatic carbocycles. The second-order valence-corrected chi connectivity index (χ2v) is 9.88. The molecular weight excluding hydrogens is 316 g/mol. The fraction of sp³-hybridized carbons (Fsp3) is 0.867. The highest BCUT2D eigenvalue weighted by molar-refractivity contribution is 7.90. The Kier molecular flexibility index (Phi) is 8.03. The summed E-state index contributed by atoms with van der Waals surface area (Å²) in [6, 6.07) is 0. The molecule has 0 saturated heterocycles. The molecule has 0 bridgehead atoms. The first-order chi connectivity index (χ1) is 10.2. The summed E-state index contributed by atoms with van der Waals surface area (Å²) in [6.07, 6.45) is 1.80. The smallest absolute Gasteiger partial charge is 0.239 e. The van der Waals surface area contributed by atoms with Gasteiger partial charge in [0, 0.05) is 25.4 Å². The molecule has 8 heteroatoms. The van der Waals surface area contributed by atoms with Gasteiger partial charge in [-0.25, -0.2) is 8.42 Å². The van der Waals surface area contributed by atoms with Crippen LogP contribution in [0.4, 0.5) is 0 Å². The Labute approximate surface area is 140 Å². The molecule has 3 N–H and O–H groups in total. The van der Waals surface area contributed by atoms with E-state index in [-0.39, 0.29) is 29.2 Å². The molecule has 0 radical (unpaired) electrons. The van der Waals surface area contributed by atoms with E-state index >= 15 is 0 Å². The van der Waals surface area contributed by atoms with E-state index in [0.717, 1.165) is 0 Å². The average Bonchev–Trinajstić information content (AvgIpc) is 2.34. The van der Waals surface area contributed by atoms with Gasteiger partial charge in [0.1, 0.15) is 9.84 Å². The minimum atomic E-state index is -2.97. The number of carbonyl (C=O) groups excluding carboxylic acids is 1. The van der Waals surface area contributed by atoms with Crippen molar-refractivity contribution in [1.29, 1.82) is 0 Å². The number of aliphatic imine (C=N–C) groups is 1. The first-order valence-electron chi connectivity index (χ1n) is 7.67. The Morgan fingerprint density at radius 1 is 1.09 bits per heavy atom. The maximum atomic E-state index is 11.8. The number of carbonyl (C=O) groups is 1. The van der Waals surface area contributed by atoms with Crippen LogP contribution in [0, 0.1) is 5.41 Å². The van der Waals surface area contributed by atoms with E-state index < -0.39 is 9.84 Å². The zero-order chi connectivity index (χ0) is 18.3. The highest BCUT2D eigenvalue weighted by Gasteiger charge is 2.21. The topological polar surface area (TPSA) is 99.7 Å². The summed E-state index contributed by atoms with van der Waals surface area (Å²) in [7, 11) is -1.34. The van der Waals surface area contributed by atoms with Crippen LogP contribution in [-0.2, 0) is 14.6 Å². The van der Waals surface area contributed by atoms with E-state index in [1.807, 2.05) is 34.6 Å². The van der Waals surface area contributed by atoms with Crippen molar-refractivity contribution in [2.45, 2.75) is 46.6 Å². The normalized spacial score (nSPS) is 13.6. The average molecular weight is 349 g/mol. The first kappa shape index (κ1) is 21.7. The van der Waals surface area contributed by atoms with Crippen LogP contribution in [0.5, 0.6) is 0 Å². The molecule has 23 heavy (non-hydrogen) atoms. The number of nitrogens with one attached hydrogen (secondary N) is 3. The van der Waals surface area contributed by atoms with Crippen LogP contribution >= 0.6 is 0 Å². The summed E-state index contributed by atoms with van der Waals surface area (Å²) in [5.41, 5.74) is -0.474. The summed E-state index contributed by atoms with van der Waals surface area (Å²) in [4.78, 5) is 15.8. The Bertz CT molecular complexity index is 519. The molecular formula is C15H32N4O3S. The van der Waals surface area contributed by atoms with Gasteiger partial charge >= 0.3 is 0 Å². The SMILES string of the molecule is CN=C(NCC(=O)NC(C)(C)C)NCC(C)(C)CCS(C)(=O)=O.